The first-order valence-corrected chi connectivity index (χ1v) is 12.8. The molecular weight excluding hydrogens is 470 g/mol. The second kappa shape index (κ2) is 10.9. The molecule has 0 radical (unpaired) electrons. The smallest absolute Gasteiger partial charge is 0.355 e. The number of aryl methyl sites for hydroxylation is 1. The first kappa shape index (κ1) is 24.0. The highest BCUT2D eigenvalue weighted by Crippen LogP contribution is 2.31. The second-order valence-corrected chi connectivity index (χ2v) is 9.57. The Morgan fingerprint density at radius 3 is 2.59 bits per heavy atom. The van der Waals surface area contributed by atoms with Crippen molar-refractivity contribution in [3.8, 4) is 0 Å². The van der Waals surface area contributed by atoms with Gasteiger partial charge in [-0.05, 0) is 56.7 Å². The molecule has 4 rings (SSSR count). The molecule has 0 bridgehead atoms. The summed E-state index contributed by atoms with van der Waals surface area (Å²) in [5.74, 6) is 0.234. The van der Waals surface area contributed by atoms with Crippen LogP contribution in [0.1, 0.15) is 36.3 Å². The Hall–Kier alpha value is -3.15. The third-order valence-corrected chi connectivity index (χ3v) is 7.28. The van der Waals surface area contributed by atoms with Crippen molar-refractivity contribution in [1.82, 2.24) is 25.1 Å². The van der Waals surface area contributed by atoms with Crippen molar-refractivity contribution in [2.45, 2.75) is 27.2 Å². The molecule has 0 fully saturated rings. The Kier molecular flexibility index (Phi) is 7.66. The molecule has 1 aromatic carbocycles. The van der Waals surface area contributed by atoms with Crippen LogP contribution in [0.15, 0.2) is 35.7 Å². The number of hydrogen-bond donors (Lipinski definition) is 2. The van der Waals surface area contributed by atoms with Gasteiger partial charge in [-0.15, -0.1) is 21.5 Å². The standard InChI is InChI=1S/C23H27N7O2S2/c1-4-29(5-2)11-8-12-30(23-25-17(14-33-23)21(31)32)19-13-15(3)20(28-27-19)26-22-24-16-9-6-7-10-18(16)34-22/h6-7,9-10,13-14H,4-5,8,11-12H2,1-3H3,(H,31,32)(H,24,26,28). The summed E-state index contributed by atoms with van der Waals surface area (Å²) in [7, 11) is 0. The van der Waals surface area contributed by atoms with Crippen molar-refractivity contribution in [3.05, 3.63) is 47.0 Å². The normalized spacial score (nSPS) is 11.3. The lowest BCUT2D eigenvalue weighted by Gasteiger charge is -2.23. The maximum atomic E-state index is 11.4. The van der Waals surface area contributed by atoms with E-state index in [4.69, 9.17) is 0 Å². The fourth-order valence-electron chi connectivity index (χ4n) is 3.54. The molecule has 3 aromatic heterocycles. The fourth-order valence-corrected chi connectivity index (χ4v) is 5.24. The number of nitrogens with zero attached hydrogens (tertiary/aromatic N) is 6. The average Bonchev–Trinajstić information content (AvgIpc) is 3.48. The van der Waals surface area contributed by atoms with Gasteiger partial charge in [0.2, 0.25) is 0 Å². The monoisotopic (exact) mass is 497 g/mol. The summed E-state index contributed by atoms with van der Waals surface area (Å²) >= 11 is 2.86. The summed E-state index contributed by atoms with van der Waals surface area (Å²) in [6.07, 6.45) is 0.885. The molecule has 0 saturated heterocycles. The Balaban J connectivity index is 1.56. The Morgan fingerprint density at radius 1 is 1.12 bits per heavy atom. The van der Waals surface area contributed by atoms with Crippen LogP contribution >= 0.6 is 22.7 Å². The van der Waals surface area contributed by atoms with Gasteiger partial charge in [0.15, 0.2) is 27.6 Å². The van der Waals surface area contributed by atoms with E-state index < -0.39 is 5.97 Å². The van der Waals surface area contributed by atoms with Gasteiger partial charge in [0.1, 0.15) is 0 Å². The maximum absolute atomic E-state index is 11.4. The number of nitrogens with one attached hydrogen (secondary N) is 1. The largest absolute Gasteiger partial charge is 0.476 e. The van der Waals surface area contributed by atoms with Crippen molar-refractivity contribution in [2.24, 2.45) is 0 Å². The lowest BCUT2D eigenvalue weighted by Crippen LogP contribution is -2.28. The van der Waals surface area contributed by atoms with Gasteiger partial charge >= 0.3 is 5.97 Å². The summed E-state index contributed by atoms with van der Waals surface area (Å²) < 4.78 is 1.10. The molecule has 3 heterocycles. The number of aromatic nitrogens is 4. The Morgan fingerprint density at radius 2 is 1.91 bits per heavy atom. The van der Waals surface area contributed by atoms with E-state index in [1.807, 2.05) is 42.2 Å². The van der Waals surface area contributed by atoms with Crippen molar-refractivity contribution >= 4 is 60.8 Å². The first-order valence-electron chi connectivity index (χ1n) is 11.1. The molecule has 0 aliphatic carbocycles. The van der Waals surface area contributed by atoms with E-state index in [-0.39, 0.29) is 5.69 Å². The molecular formula is C23H27N7O2S2. The average molecular weight is 498 g/mol. The molecule has 0 amide bonds. The molecule has 9 nitrogen and oxygen atoms in total. The molecule has 0 spiro atoms. The summed E-state index contributed by atoms with van der Waals surface area (Å²) in [5, 5.41) is 24.4. The van der Waals surface area contributed by atoms with Crippen molar-refractivity contribution < 1.29 is 9.90 Å². The minimum absolute atomic E-state index is 0.0348. The summed E-state index contributed by atoms with van der Waals surface area (Å²) in [6, 6.07) is 9.92. The predicted octanol–water partition coefficient (Wildman–Crippen LogP) is 5.16. The van der Waals surface area contributed by atoms with Gasteiger partial charge < -0.3 is 20.2 Å². The number of para-hydroxylation sites is 1. The number of rotatable bonds is 11. The van der Waals surface area contributed by atoms with Gasteiger partial charge in [-0.2, -0.15) is 0 Å². The van der Waals surface area contributed by atoms with Gasteiger partial charge in [-0.25, -0.2) is 14.8 Å². The molecule has 11 heteroatoms. The highest BCUT2D eigenvalue weighted by atomic mass is 32.1. The molecule has 0 unspecified atom stereocenters. The molecule has 4 aromatic rings. The number of carboxylic acids is 1. The lowest BCUT2D eigenvalue weighted by molar-refractivity contribution is 0.0691. The second-order valence-electron chi connectivity index (χ2n) is 7.70. The van der Waals surface area contributed by atoms with Gasteiger partial charge in [-0.1, -0.05) is 37.3 Å². The summed E-state index contributed by atoms with van der Waals surface area (Å²) in [4.78, 5) is 24.6. The van der Waals surface area contributed by atoms with Crippen LogP contribution < -0.4 is 10.2 Å². The van der Waals surface area contributed by atoms with E-state index in [1.54, 1.807) is 16.7 Å². The molecule has 34 heavy (non-hydrogen) atoms. The summed E-state index contributed by atoms with van der Waals surface area (Å²) in [6.45, 7) is 9.82. The van der Waals surface area contributed by atoms with Crippen LogP contribution in [0, 0.1) is 6.92 Å². The lowest BCUT2D eigenvalue weighted by atomic mass is 10.3. The van der Waals surface area contributed by atoms with Crippen LogP contribution in [0.2, 0.25) is 0 Å². The number of carbonyl (C=O) groups is 1. The zero-order valence-corrected chi connectivity index (χ0v) is 21.0. The number of thiazole rings is 2. The minimum atomic E-state index is -1.04. The number of anilines is 4. The maximum Gasteiger partial charge on any atom is 0.355 e. The highest BCUT2D eigenvalue weighted by Gasteiger charge is 2.19. The number of fused-ring (bicyclic) bond motifs is 1. The molecule has 178 valence electrons. The minimum Gasteiger partial charge on any atom is -0.476 e. The van der Waals surface area contributed by atoms with Gasteiger partial charge in [0, 0.05) is 11.9 Å². The fraction of sp³-hybridized carbons (Fsp3) is 0.348. The van der Waals surface area contributed by atoms with Gasteiger partial charge in [0.05, 0.1) is 10.2 Å². The van der Waals surface area contributed by atoms with Crippen LogP contribution in [-0.2, 0) is 0 Å². The molecule has 0 saturated carbocycles. The van der Waals surface area contributed by atoms with Crippen LogP contribution in [-0.4, -0.2) is 62.3 Å². The van der Waals surface area contributed by atoms with Crippen molar-refractivity contribution in [1.29, 1.82) is 0 Å². The topological polar surface area (TPSA) is 107 Å². The van der Waals surface area contributed by atoms with E-state index in [2.05, 4.69) is 44.2 Å². The van der Waals surface area contributed by atoms with Crippen molar-refractivity contribution in [3.63, 3.8) is 0 Å². The van der Waals surface area contributed by atoms with Crippen molar-refractivity contribution in [2.75, 3.05) is 36.4 Å². The van der Waals surface area contributed by atoms with E-state index in [1.165, 1.54) is 11.3 Å². The molecule has 0 atom stereocenters. The van der Waals surface area contributed by atoms with Gasteiger partial charge in [-0.3, -0.25) is 0 Å². The Labute approximate surface area is 206 Å². The summed E-state index contributed by atoms with van der Waals surface area (Å²) in [5.41, 5.74) is 1.88. The predicted molar refractivity (Wildman–Crippen MR) is 138 cm³/mol. The van der Waals surface area contributed by atoms with Crippen LogP contribution in [0.5, 0.6) is 0 Å². The van der Waals surface area contributed by atoms with Crippen LogP contribution in [0.25, 0.3) is 10.2 Å². The SMILES string of the molecule is CCN(CC)CCCN(c1cc(C)c(Nc2nc3ccccc3s2)nn1)c1nc(C(=O)O)cs1. The quantitative estimate of drug-likeness (QED) is 0.290. The molecule has 0 aliphatic heterocycles. The van der Waals surface area contributed by atoms with E-state index in [0.717, 1.165) is 47.0 Å². The highest BCUT2D eigenvalue weighted by molar-refractivity contribution is 7.22. The third kappa shape index (κ3) is 5.49. The third-order valence-electron chi connectivity index (χ3n) is 5.46. The van der Waals surface area contributed by atoms with Gasteiger partial charge in [0.25, 0.3) is 0 Å². The first-order chi connectivity index (χ1) is 16.5. The van der Waals surface area contributed by atoms with Crippen LogP contribution in [0.4, 0.5) is 21.9 Å². The zero-order valence-electron chi connectivity index (χ0n) is 19.4. The molecule has 0 aliphatic rings. The number of carboxylic acid groups (broad SMARTS) is 1. The number of hydrogen-bond acceptors (Lipinski definition) is 10. The molecule has 2 N–H and O–H groups in total. The Bertz CT molecular complexity index is 1240. The number of aromatic carboxylic acids is 1. The van der Waals surface area contributed by atoms with E-state index in [9.17, 15) is 9.90 Å². The zero-order chi connectivity index (χ0) is 24.1. The van der Waals surface area contributed by atoms with E-state index in [0.29, 0.717) is 23.3 Å². The van der Waals surface area contributed by atoms with E-state index >= 15 is 0 Å². The van der Waals surface area contributed by atoms with Crippen LogP contribution in [0.3, 0.4) is 0 Å². The number of benzene rings is 1.